The molecule has 0 aromatic rings. The average Bonchev–Trinajstić information content (AvgIpc) is 2.39. The summed E-state index contributed by atoms with van der Waals surface area (Å²) in [5, 5.41) is 5.79. The second kappa shape index (κ2) is 5.61. The Kier molecular flexibility index (Phi) is 4.15. The number of likely N-dealkylation sites (N-methyl/N-ethyl adjacent to an activating group) is 1. The molecule has 0 bridgehead atoms. The molecule has 2 fully saturated rings. The van der Waals surface area contributed by atoms with Crippen molar-refractivity contribution in [1.82, 2.24) is 10.6 Å². The van der Waals surface area contributed by atoms with Crippen LogP contribution >= 0.6 is 0 Å². The minimum atomic E-state index is -0.523. The first-order valence-electron chi connectivity index (χ1n) is 6.08. The molecule has 92 valence electrons. The first-order chi connectivity index (χ1) is 7.81. The monoisotopic (exact) mass is 228 g/mol. The Morgan fingerprint density at radius 1 is 1.25 bits per heavy atom. The summed E-state index contributed by atoms with van der Waals surface area (Å²) >= 11 is 0. The van der Waals surface area contributed by atoms with Crippen molar-refractivity contribution < 1.29 is 14.6 Å². The van der Waals surface area contributed by atoms with Gasteiger partial charge in [0.1, 0.15) is 6.23 Å². The fourth-order valence-electron chi connectivity index (χ4n) is 2.40. The summed E-state index contributed by atoms with van der Waals surface area (Å²) in [5.41, 5.74) is 0. The van der Waals surface area contributed by atoms with E-state index < -0.39 is 6.10 Å². The lowest BCUT2D eigenvalue weighted by Crippen LogP contribution is -2.53. The zero-order valence-electron chi connectivity index (χ0n) is 9.70. The number of carbonyl (C=O) groups is 1. The summed E-state index contributed by atoms with van der Waals surface area (Å²) < 4.78 is 0. The fourth-order valence-corrected chi connectivity index (χ4v) is 2.40. The molecule has 2 aliphatic rings. The summed E-state index contributed by atoms with van der Waals surface area (Å²) in [6, 6.07) is 0. The van der Waals surface area contributed by atoms with Crippen molar-refractivity contribution in [3.8, 4) is 0 Å². The molecule has 1 amide bonds. The van der Waals surface area contributed by atoms with E-state index in [0.29, 0.717) is 12.5 Å². The second-order valence-electron chi connectivity index (χ2n) is 4.52. The predicted molar refractivity (Wildman–Crippen MR) is 58.4 cm³/mol. The predicted octanol–water partition coefficient (Wildman–Crippen LogP) is 0.559. The smallest absolute Gasteiger partial charge is 0.253 e. The van der Waals surface area contributed by atoms with Gasteiger partial charge in [-0.05, 0) is 12.8 Å². The summed E-state index contributed by atoms with van der Waals surface area (Å²) in [6.45, 7) is 0.529. The molecule has 1 heterocycles. The van der Waals surface area contributed by atoms with Gasteiger partial charge in [0.05, 0.1) is 0 Å². The van der Waals surface area contributed by atoms with Gasteiger partial charge in [-0.25, -0.2) is 9.78 Å². The maximum Gasteiger partial charge on any atom is 0.253 e. The van der Waals surface area contributed by atoms with Gasteiger partial charge < -0.3 is 5.32 Å². The van der Waals surface area contributed by atoms with Crippen LogP contribution in [0.2, 0.25) is 0 Å². The molecule has 2 rings (SSSR count). The van der Waals surface area contributed by atoms with Gasteiger partial charge in [0, 0.05) is 19.5 Å². The van der Waals surface area contributed by atoms with E-state index in [0.717, 1.165) is 0 Å². The van der Waals surface area contributed by atoms with Gasteiger partial charge in [-0.3, -0.25) is 10.1 Å². The van der Waals surface area contributed by atoms with Crippen molar-refractivity contribution in [3.05, 3.63) is 0 Å². The summed E-state index contributed by atoms with van der Waals surface area (Å²) in [5.74, 6) is 0.383. The molecule has 0 spiro atoms. The van der Waals surface area contributed by atoms with Crippen LogP contribution in [-0.4, -0.2) is 31.8 Å². The highest BCUT2D eigenvalue weighted by molar-refractivity contribution is 5.80. The molecule has 1 aliphatic heterocycles. The van der Waals surface area contributed by atoms with Crippen molar-refractivity contribution in [2.24, 2.45) is 5.92 Å². The van der Waals surface area contributed by atoms with Crippen molar-refractivity contribution in [1.29, 1.82) is 0 Å². The zero-order chi connectivity index (χ0) is 11.4. The topological polar surface area (TPSA) is 59.6 Å². The third-order valence-electron chi connectivity index (χ3n) is 3.40. The largest absolute Gasteiger partial charge is 0.357 e. The molecule has 2 atom stereocenters. The molecule has 0 aromatic carbocycles. The van der Waals surface area contributed by atoms with Crippen LogP contribution in [0, 0.1) is 5.92 Å². The van der Waals surface area contributed by atoms with Crippen LogP contribution in [0.4, 0.5) is 0 Å². The van der Waals surface area contributed by atoms with Crippen LogP contribution in [0.25, 0.3) is 0 Å². The lowest BCUT2D eigenvalue weighted by Gasteiger charge is -2.34. The van der Waals surface area contributed by atoms with Gasteiger partial charge in [-0.2, -0.15) is 0 Å². The third-order valence-corrected chi connectivity index (χ3v) is 3.40. The quantitative estimate of drug-likeness (QED) is 0.678. The van der Waals surface area contributed by atoms with Crippen LogP contribution < -0.4 is 10.6 Å². The summed E-state index contributed by atoms with van der Waals surface area (Å²) in [7, 11) is 1.60. The molecule has 16 heavy (non-hydrogen) atoms. The molecule has 2 unspecified atom stereocenters. The molecule has 5 nitrogen and oxygen atoms in total. The molecule has 2 N–H and O–H groups in total. The van der Waals surface area contributed by atoms with Crippen LogP contribution in [0.3, 0.4) is 0 Å². The lowest BCUT2D eigenvalue weighted by molar-refractivity contribution is -0.378. The Morgan fingerprint density at radius 2 is 2.00 bits per heavy atom. The van der Waals surface area contributed by atoms with Crippen molar-refractivity contribution >= 4 is 5.91 Å². The van der Waals surface area contributed by atoms with E-state index in [9.17, 15) is 4.79 Å². The van der Waals surface area contributed by atoms with E-state index in [1.54, 1.807) is 7.05 Å². The number of rotatable bonds is 2. The molecular formula is C11H20N2O3. The van der Waals surface area contributed by atoms with E-state index in [1.807, 2.05) is 0 Å². The van der Waals surface area contributed by atoms with Crippen molar-refractivity contribution in [3.63, 3.8) is 0 Å². The van der Waals surface area contributed by atoms with Gasteiger partial charge in [-0.15, -0.1) is 0 Å². The third kappa shape index (κ3) is 2.72. The number of hydrogen-bond donors (Lipinski definition) is 2. The van der Waals surface area contributed by atoms with Crippen molar-refractivity contribution in [2.45, 2.75) is 44.4 Å². The molecule has 0 radical (unpaired) electrons. The highest BCUT2D eigenvalue weighted by atomic mass is 17.2. The lowest BCUT2D eigenvalue weighted by atomic mass is 9.88. The van der Waals surface area contributed by atoms with Crippen LogP contribution in [-0.2, 0) is 14.6 Å². The fraction of sp³-hybridized carbons (Fsp3) is 0.909. The molecule has 5 heteroatoms. The maximum atomic E-state index is 11.3. The van der Waals surface area contributed by atoms with E-state index in [-0.39, 0.29) is 12.1 Å². The molecule has 0 aromatic heterocycles. The van der Waals surface area contributed by atoms with Crippen LogP contribution in [0.15, 0.2) is 0 Å². The summed E-state index contributed by atoms with van der Waals surface area (Å²) in [6.07, 6.45) is 5.67. The minimum Gasteiger partial charge on any atom is -0.357 e. The number of hydrogen-bond acceptors (Lipinski definition) is 4. The Hall–Kier alpha value is -0.650. The van der Waals surface area contributed by atoms with E-state index in [4.69, 9.17) is 9.78 Å². The average molecular weight is 228 g/mol. The van der Waals surface area contributed by atoms with E-state index in [1.165, 1.54) is 32.1 Å². The maximum absolute atomic E-state index is 11.3. The minimum absolute atomic E-state index is 0.0405. The molecular weight excluding hydrogens is 208 g/mol. The highest BCUT2D eigenvalue weighted by Gasteiger charge is 2.32. The van der Waals surface area contributed by atoms with Gasteiger partial charge >= 0.3 is 0 Å². The number of nitrogens with one attached hydrogen (secondary N) is 2. The molecule has 1 saturated heterocycles. The SMILES string of the molecule is CNC(=O)C1CNC(C2CCCCC2)OO1. The summed E-state index contributed by atoms with van der Waals surface area (Å²) in [4.78, 5) is 21.7. The Balaban J connectivity index is 1.78. The van der Waals surface area contributed by atoms with E-state index in [2.05, 4.69) is 10.6 Å². The zero-order valence-corrected chi connectivity index (χ0v) is 9.70. The number of carbonyl (C=O) groups excluding carboxylic acids is 1. The highest BCUT2D eigenvalue weighted by Crippen LogP contribution is 2.28. The molecule has 1 saturated carbocycles. The first kappa shape index (κ1) is 11.8. The first-order valence-corrected chi connectivity index (χ1v) is 6.08. The second-order valence-corrected chi connectivity index (χ2v) is 4.52. The Labute approximate surface area is 95.8 Å². The normalized spacial score (nSPS) is 32.3. The van der Waals surface area contributed by atoms with Gasteiger partial charge in [0.2, 0.25) is 0 Å². The van der Waals surface area contributed by atoms with Crippen LogP contribution in [0.1, 0.15) is 32.1 Å². The van der Waals surface area contributed by atoms with Gasteiger partial charge in [0.25, 0.3) is 5.91 Å². The van der Waals surface area contributed by atoms with E-state index >= 15 is 0 Å². The Bertz CT molecular complexity index is 233. The standard InChI is InChI=1S/C11H20N2O3/c1-12-10(14)9-7-13-11(16-15-9)8-5-3-2-4-6-8/h8-9,11,13H,2-7H2,1H3,(H,12,14). The Morgan fingerprint density at radius 3 is 2.56 bits per heavy atom. The van der Waals surface area contributed by atoms with Gasteiger partial charge in [0.15, 0.2) is 6.10 Å². The molecule has 1 aliphatic carbocycles. The van der Waals surface area contributed by atoms with Crippen molar-refractivity contribution in [2.75, 3.05) is 13.6 Å². The van der Waals surface area contributed by atoms with Gasteiger partial charge in [-0.1, -0.05) is 19.3 Å². The number of amides is 1. The van der Waals surface area contributed by atoms with Crippen LogP contribution in [0.5, 0.6) is 0 Å².